The Bertz CT molecular complexity index is 543. The molecule has 0 radical (unpaired) electrons. The lowest BCUT2D eigenvalue weighted by atomic mass is 9.49. The van der Waals surface area contributed by atoms with Crippen LogP contribution in [0.3, 0.4) is 0 Å². The minimum atomic E-state index is -1.00. The van der Waals surface area contributed by atoms with Crippen LogP contribution in [0.2, 0.25) is 0 Å². The molecule has 5 aliphatic rings. The fourth-order valence-electron chi connectivity index (χ4n) is 6.41. The molecule has 6 nitrogen and oxygen atoms in total. The molecule has 0 aromatic carbocycles. The van der Waals surface area contributed by atoms with Crippen molar-refractivity contribution in [3.63, 3.8) is 0 Å². The maximum Gasteiger partial charge on any atom is 0.239 e. The third kappa shape index (κ3) is 3.63. The monoisotopic (exact) mass is 364 g/mol. The van der Waals surface area contributed by atoms with Crippen LogP contribution in [-0.4, -0.2) is 48.3 Å². The highest BCUT2D eigenvalue weighted by atomic mass is 16.5. The topological polar surface area (TPSA) is 87.7 Å². The zero-order valence-corrected chi connectivity index (χ0v) is 15.8. The first kappa shape index (κ1) is 18.2. The van der Waals surface area contributed by atoms with Crippen LogP contribution in [-0.2, 0) is 14.3 Å². The summed E-state index contributed by atoms with van der Waals surface area (Å²) in [7, 11) is 0. The minimum absolute atomic E-state index is 0.00150. The zero-order valence-electron chi connectivity index (χ0n) is 15.8. The normalized spacial score (nSPS) is 43.5. The minimum Gasteiger partial charge on any atom is -0.385 e. The van der Waals surface area contributed by atoms with Crippen molar-refractivity contribution in [1.29, 1.82) is 0 Å². The summed E-state index contributed by atoms with van der Waals surface area (Å²) >= 11 is 0. The summed E-state index contributed by atoms with van der Waals surface area (Å²) in [5.74, 6) is 2.23. The van der Waals surface area contributed by atoms with Gasteiger partial charge in [0.05, 0.1) is 12.6 Å². The molecule has 5 fully saturated rings. The Labute approximate surface area is 155 Å². The van der Waals surface area contributed by atoms with Crippen molar-refractivity contribution in [2.24, 2.45) is 23.2 Å². The molecule has 4 bridgehead atoms. The van der Waals surface area contributed by atoms with Gasteiger partial charge in [-0.25, -0.2) is 0 Å². The highest BCUT2D eigenvalue weighted by Crippen LogP contribution is 2.61. The molecule has 3 N–H and O–H groups in total. The van der Waals surface area contributed by atoms with Crippen molar-refractivity contribution < 1.29 is 19.4 Å². The molecule has 2 amide bonds. The van der Waals surface area contributed by atoms with Gasteiger partial charge in [0.25, 0.3) is 0 Å². The Morgan fingerprint density at radius 3 is 2.19 bits per heavy atom. The second-order valence-electron chi connectivity index (χ2n) is 9.51. The van der Waals surface area contributed by atoms with E-state index in [0.29, 0.717) is 19.4 Å². The van der Waals surface area contributed by atoms with Gasteiger partial charge in [-0.3, -0.25) is 9.59 Å². The quantitative estimate of drug-likeness (QED) is 0.664. The van der Waals surface area contributed by atoms with E-state index in [4.69, 9.17) is 4.74 Å². The Kier molecular flexibility index (Phi) is 4.76. The molecule has 146 valence electrons. The third-order valence-corrected chi connectivity index (χ3v) is 7.40. The Hall–Kier alpha value is -1.14. The first-order valence-electron chi connectivity index (χ1n) is 10.2. The number of hydrogen-bond acceptors (Lipinski definition) is 4. The van der Waals surface area contributed by atoms with Crippen LogP contribution in [0.4, 0.5) is 0 Å². The number of ether oxygens (including phenoxy) is 1. The number of hydrogen-bond donors (Lipinski definition) is 3. The van der Waals surface area contributed by atoms with E-state index in [2.05, 4.69) is 10.6 Å². The molecule has 0 spiro atoms. The van der Waals surface area contributed by atoms with Crippen LogP contribution < -0.4 is 10.6 Å². The van der Waals surface area contributed by atoms with Crippen molar-refractivity contribution in [2.75, 3.05) is 19.7 Å². The van der Waals surface area contributed by atoms with Gasteiger partial charge in [0.2, 0.25) is 11.8 Å². The fourth-order valence-corrected chi connectivity index (χ4v) is 6.41. The molecular formula is C20H32N2O4. The first-order valence-corrected chi connectivity index (χ1v) is 10.2. The van der Waals surface area contributed by atoms with E-state index in [1.807, 2.05) is 6.92 Å². The fraction of sp³-hybridized carbons (Fsp3) is 0.900. The van der Waals surface area contributed by atoms with Gasteiger partial charge in [-0.1, -0.05) is 0 Å². The number of aliphatic hydroxyl groups is 1. The van der Waals surface area contributed by atoms with Crippen molar-refractivity contribution in [1.82, 2.24) is 10.6 Å². The van der Waals surface area contributed by atoms with Gasteiger partial charge >= 0.3 is 0 Å². The molecule has 2 atom stereocenters. The molecule has 6 heteroatoms. The molecule has 0 aromatic rings. The Morgan fingerprint density at radius 2 is 1.65 bits per heavy atom. The molecule has 0 aromatic heterocycles. The van der Waals surface area contributed by atoms with Crippen molar-refractivity contribution in [3.05, 3.63) is 0 Å². The first-order chi connectivity index (χ1) is 12.4. The zero-order chi connectivity index (χ0) is 18.4. The number of carbonyl (C=O) groups is 2. The van der Waals surface area contributed by atoms with Crippen molar-refractivity contribution in [2.45, 2.75) is 70.0 Å². The van der Waals surface area contributed by atoms with Crippen molar-refractivity contribution in [3.8, 4) is 0 Å². The average molecular weight is 364 g/mol. The molecule has 1 aliphatic heterocycles. The lowest BCUT2D eigenvalue weighted by molar-refractivity contribution is -0.132. The van der Waals surface area contributed by atoms with Crippen LogP contribution in [0.1, 0.15) is 58.3 Å². The van der Waals surface area contributed by atoms with Gasteiger partial charge < -0.3 is 20.5 Å². The van der Waals surface area contributed by atoms with Crippen LogP contribution in [0, 0.1) is 23.2 Å². The van der Waals surface area contributed by atoms with E-state index in [0.717, 1.165) is 17.8 Å². The average Bonchev–Trinajstić information content (AvgIpc) is 2.89. The van der Waals surface area contributed by atoms with Gasteiger partial charge in [-0.05, 0) is 68.6 Å². The number of nitrogens with one attached hydrogen (secondary N) is 2. The second-order valence-corrected chi connectivity index (χ2v) is 9.51. The molecule has 1 saturated heterocycles. The summed E-state index contributed by atoms with van der Waals surface area (Å²) in [5, 5.41) is 15.9. The maximum atomic E-state index is 12.4. The molecule has 0 unspecified atom stereocenters. The van der Waals surface area contributed by atoms with Crippen LogP contribution >= 0.6 is 0 Å². The van der Waals surface area contributed by atoms with Gasteiger partial charge in [0.1, 0.15) is 5.60 Å². The van der Waals surface area contributed by atoms with Gasteiger partial charge in [0.15, 0.2) is 0 Å². The molecule has 1 heterocycles. The summed E-state index contributed by atoms with van der Waals surface area (Å²) in [6.07, 6.45) is 8.51. The van der Waals surface area contributed by atoms with Crippen molar-refractivity contribution >= 4 is 11.8 Å². The summed E-state index contributed by atoms with van der Waals surface area (Å²) < 4.78 is 5.36. The second kappa shape index (κ2) is 6.79. The van der Waals surface area contributed by atoms with E-state index >= 15 is 0 Å². The van der Waals surface area contributed by atoms with Gasteiger partial charge in [-0.2, -0.15) is 0 Å². The smallest absolute Gasteiger partial charge is 0.239 e. The van der Waals surface area contributed by atoms with Crippen LogP contribution in [0.25, 0.3) is 0 Å². The standard InChI is InChI=1S/C20H32N2O4/c1-13-20(25,2-3-26-13)12-22-18(24)11-21-17(23)10-19-7-14-4-15(8-19)6-16(5-14)9-19/h13-16,25H,2-12H2,1H3,(H,21,23)(H,22,24)/t13-,14?,15?,16?,19?,20-/m1/s1. The largest absolute Gasteiger partial charge is 0.385 e. The number of rotatable bonds is 6. The predicted molar refractivity (Wildman–Crippen MR) is 96.2 cm³/mol. The Balaban J connectivity index is 1.21. The number of amides is 2. The number of carbonyl (C=O) groups excluding carboxylic acids is 2. The summed E-state index contributed by atoms with van der Waals surface area (Å²) in [6.45, 7) is 2.47. The lowest BCUT2D eigenvalue weighted by Crippen LogP contribution is -2.50. The lowest BCUT2D eigenvalue weighted by Gasteiger charge is -2.56. The van der Waals surface area contributed by atoms with E-state index in [1.54, 1.807) is 0 Å². The van der Waals surface area contributed by atoms with E-state index in [9.17, 15) is 14.7 Å². The summed E-state index contributed by atoms with van der Waals surface area (Å²) in [5.41, 5.74) is -0.806. The SMILES string of the molecule is C[C@H]1OCC[C@@]1(O)CNC(=O)CNC(=O)CC12CC3CC(CC(C3)C1)C2. The highest BCUT2D eigenvalue weighted by molar-refractivity contribution is 5.85. The third-order valence-electron chi connectivity index (χ3n) is 7.40. The van der Waals surface area contributed by atoms with Crippen LogP contribution in [0.5, 0.6) is 0 Å². The summed E-state index contributed by atoms with van der Waals surface area (Å²) in [4.78, 5) is 24.5. The van der Waals surface area contributed by atoms with E-state index in [1.165, 1.54) is 38.5 Å². The molecule has 4 aliphatic carbocycles. The van der Waals surface area contributed by atoms with E-state index in [-0.39, 0.29) is 36.4 Å². The predicted octanol–water partition coefficient (Wildman–Crippen LogP) is 1.37. The highest BCUT2D eigenvalue weighted by Gasteiger charge is 2.51. The Morgan fingerprint density at radius 1 is 1.04 bits per heavy atom. The van der Waals surface area contributed by atoms with Gasteiger partial charge in [-0.15, -0.1) is 0 Å². The molecule has 26 heavy (non-hydrogen) atoms. The van der Waals surface area contributed by atoms with E-state index < -0.39 is 5.60 Å². The molecule has 4 saturated carbocycles. The molecule has 5 rings (SSSR count). The summed E-state index contributed by atoms with van der Waals surface area (Å²) in [6, 6.07) is 0. The maximum absolute atomic E-state index is 12.4. The van der Waals surface area contributed by atoms with Gasteiger partial charge in [0, 0.05) is 26.0 Å². The molecular weight excluding hydrogens is 332 g/mol. The van der Waals surface area contributed by atoms with Crippen LogP contribution in [0.15, 0.2) is 0 Å².